The van der Waals surface area contributed by atoms with E-state index in [0.29, 0.717) is 29.0 Å². The van der Waals surface area contributed by atoms with Gasteiger partial charge in [-0.25, -0.2) is 4.98 Å². The molecule has 0 aliphatic heterocycles. The van der Waals surface area contributed by atoms with E-state index in [1.54, 1.807) is 24.3 Å². The molecule has 25 heavy (non-hydrogen) atoms. The van der Waals surface area contributed by atoms with Gasteiger partial charge in [-0.15, -0.1) is 11.3 Å². The van der Waals surface area contributed by atoms with Gasteiger partial charge in [0, 0.05) is 28.5 Å². The molecular formula is C16H14F3N3O2S. The number of carbonyl (C=O) groups excluding carboxylic acids is 2. The molecule has 0 radical (unpaired) electrons. The zero-order valence-corrected chi connectivity index (χ0v) is 13.7. The highest BCUT2D eigenvalue weighted by molar-refractivity contribution is 7.15. The Kier molecular flexibility index (Phi) is 4.51. The lowest BCUT2D eigenvalue weighted by Crippen LogP contribution is -2.45. The molecule has 3 N–H and O–H groups in total. The van der Waals surface area contributed by atoms with E-state index in [-0.39, 0.29) is 6.42 Å². The first-order chi connectivity index (χ1) is 11.8. The van der Waals surface area contributed by atoms with Crippen LogP contribution in [0.4, 0.5) is 13.2 Å². The second-order valence-electron chi connectivity index (χ2n) is 5.71. The molecular weight excluding hydrogens is 355 g/mol. The predicted molar refractivity (Wildman–Crippen MR) is 86.1 cm³/mol. The highest BCUT2D eigenvalue weighted by Crippen LogP contribution is 2.34. The van der Waals surface area contributed by atoms with Crippen LogP contribution < -0.4 is 11.1 Å². The van der Waals surface area contributed by atoms with Crippen molar-refractivity contribution in [1.29, 1.82) is 0 Å². The van der Waals surface area contributed by atoms with Crippen molar-refractivity contribution in [3.8, 4) is 10.6 Å². The number of hydrogen-bond acceptors (Lipinski definition) is 4. The smallest absolute Gasteiger partial charge is 0.366 e. The monoisotopic (exact) mass is 369 g/mol. The summed E-state index contributed by atoms with van der Waals surface area (Å²) in [5.41, 5.74) is 7.11. The Bertz CT molecular complexity index is 832. The highest BCUT2D eigenvalue weighted by Gasteiger charge is 2.40. The number of rotatable bonds is 3. The van der Waals surface area contributed by atoms with Gasteiger partial charge >= 0.3 is 12.1 Å². The van der Waals surface area contributed by atoms with Crippen LogP contribution in [0.25, 0.3) is 10.6 Å². The van der Waals surface area contributed by atoms with Gasteiger partial charge in [-0.3, -0.25) is 9.59 Å². The summed E-state index contributed by atoms with van der Waals surface area (Å²) in [6, 6.07) is 6.20. The van der Waals surface area contributed by atoms with E-state index in [1.807, 2.05) is 5.32 Å². The van der Waals surface area contributed by atoms with Crippen LogP contribution in [-0.2, 0) is 17.6 Å². The molecule has 2 aromatic rings. The largest absolute Gasteiger partial charge is 0.471 e. The van der Waals surface area contributed by atoms with Crippen LogP contribution >= 0.6 is 11.3 Å². The lowest BCUT2D eigenvalue weighted by molar-refractivity contribution is -0.174. The number of thiazole rings is 1. The van der Waals surface area contributed by atoms with Gasteiger partial charge in [-0.1, -0.05) is 18.2 Å². The van der Waals surface area contributed by atoms with Crippen LogP contribution in [0, 0.1) is 0 Å². The van der Waals surface area contributed by atoms with Crippen molar-refractivity contribution >= 4 is 23.2 Å². The summed E-state index contributed by atoms with van der Waals surface area (Å²) in [4.78, 5) is 28.0. The predicted octanol–water partition coefficient (Wildman–Crippen LogP) is 2.44. The summed E-state index contributed by atoms with van der Waals surface area (Å²) in [7, 11) is 0. The minimum absolute atomic E-state index is 0.285. The molecule has 2 amide bonds. The van der Waals surface area contributed by atoms with Gasteiger partial charge in [-0.2, -0.15) is 13.2 Å². The Morgan fingerprint density at radius 1 is 1.28 bits per heavy atom. The van der Waals surface area contributed by atoms with E-state index in [9.17, 15) is 22.8 Å². The molecule has 0 spiro atoms. The third-order valence-electron chi connectivity index (χ3n) is 3.96. The maximum absolute atomic E-state index is 12.4. The van der Waals surface area contributed by atoms with E-state index >= 15 is 0 Å². The summed E-state index contributed by atoms with van der Waals surface area (Å²) in [5, 5.41) is 2.62. The Labute approximate surface area is 145 Å². The number of amides is 2. The fourth-order valence-electron chi connectivity index (χ4n) is 2.77. The number of benzene rings is 1. The van der Waals surface area contributed by atoms with Crippen molar-refractivity contribution in [3.63, 3.8) is 0 Å². The SMILES string of the molecule is NC(=O)c1ccccc1-c1nc2c(s1)C[C@@H](NC(=O)C(F)(F)F)CC2. The minimum atomic E-state index is -4.89. The fraction of sp³-hybridized carbons (Fsp3) is 0.312. The van der Waals surface area contributed by atoms with Crippen molar-refractivity contribution in [2.45, 2.75) is 31.5 Å². The van der Waals surface area contributed by atoms with Crippen LogP contribution in [0.5, 0.6) is 0 Å². The van der Waals surface area contributed by atoms with Crippen molar-refractivity contribution in [1.82, 2.24) is 10.3 Å². The summed E-state index contributed by atoms with van der Waals surface area (Å²) in [6.07, 6.45) is -3.75. The second kappa shape index (κ2) is 6.47. The number of primary amides is 1. The number of carbonyl (C=O) groups is 2. The molecule has 1 aromatic carbocycles. The van der Waals surface area contributed by atoms with E-state index in [2.05, 4.69) is 4.98 Å². The van der Waals surface area contributed by atoms with Crippen molar-refractivity contribution < 1.29 is 22.8 Å². The van der Waals surface area contributed by atoms with Gasteiger partial charge in [0.1, 0.15) is 5.01 Å². The van der Waals surface area contributed by atoms with Crippen LogP contribution in [0.1, 0.15) is 27.3 Å². The van der Waals surface area contributed by atoms with Gasteiger partial charge in [-0.05, 0) is 18.9 Å². The molecule has 1 aliphatic carbocycles. The molecule has 3 rings (SSSR count). The third-order valence-corrected chi connectivity index (χ3v) is 5.11. The van der Waals surface area contributed by atoms with Crippen LogP contribution in [0.15, 0.2) is 24.3 Å². The summed E-state index contributed by atoms with van der Waals surface area (Å²) >= 11 is 1.31. The minimum Gasteiger partial charge on any atom is -0.366 e. The molecule has 1 aliphatic rings. The van der Waals surface area contributed by atoms with E-state index in [1.165, 1.54) is 11.3 Å². The van der Waals surface area contributed by atoms with Crippen LogP contribution in [0.2, 0.25) is 0 Å². The zero-order valence-electron chi connectivity index (χ0n) is 12.9. The molecule has 5 nitrogen and oxygen atoms in total. The molecule has 0 unspecified atom stereocenters. The first-order valence-electron chi connectivity index (χ1n) is 7.51. The number of halogens is 3. The normalized spacial score (nSPS) is 17.0. The Morgan fingerprint density at radius 3 is 2.68 bits per heavy atom. The Morgan fingerprint density at radius 2 is 2.00 bits per heavy atom. The average Bonchev–Trinajstić information content (AvgIpc) is 2.97. The van der Waals surface area contributed by atoms with E-state index < -0.39 is 24.0 Å². The average molecular weight is 369 g/mol. The van der Waals surface area contributed by atoms with Gasteiger partial charge in [0.15, 0.2) is 0 Å². The quantitative estimate of drug-likeness (QED) is 0.872. The first-order valence-corrected chi connectivity index (χ1v) is 8.33. The van der Waals surface area contributed by atoms with Crippen LogP contribution in [-0.4, -0.2) is 29.0 Å². The molecule has 0 saturated carbocycles. The molecule has 132 valence electrons. The molecule has 0 fully saturated rings. The maximum atomic E-state index is 12.4. The number of hydrogen-bond donors (Lipinski definition) is 2. The number of aromatic nitrogens is 1. The fourth-order valence-corrected chi connectivity index (χ4v) is 3.99. The summed E-state index contributed by atoms with van der Waals surface area (Å²) in [5.74, 6) is -2.50. The van der Waals surface area contributed by atoms with Crippen molar-refractivity contribution in [2.24, 2.45) is 5.73 Å². The van der Waals surface area contributed by atoms with Gasteiger partial charge < -0.3 is 11.1 Å². The highest BCUT2D eigenvalue weighted by atomic mass is 32.1. The third kappa shape index (κ3) is 3.65. The summed E-state index contributed by atoms with van der Waals surface area (Å²) < 4.78 is 37.1. The number of nitrogens with one attached hydrogen (secondary N) is 1. The number of nitrogens with zero attached hydrogens (tertiary/aromatic N) is 1. The lowest BCUT2D eigenvalue weighted by Gasteiger charge is -2.22. The Balaban J connectivity index is 1.82. The summed E-state index contributed by atoms with van der Waals surface area (Å²) in [6.45, 7) is 0. The number of nitrogens with two attached hydrogens (primary N) is 1. The van der Waals surface area contributed by atoms with Crippen molar-refractivity contribution in [2.75, 3.05) is 0 Å². The standard InChI is InChI=1S/C16H14F3N3O2S/c17-16(18,19)15(24)21-8-5-6-11-12(7-8)25-14(22-11)10-4-2-1-3-9(10)13(20)23/h1-4,8H,5-7H2,(H2,20,23)(H,21,24)/t8-/m0/s1. The van der Waals surface area contributed by atoms with Gasteiger partial charge in [0.05, 0.1) is 5.69 Å². The molecule has 0 bridgehead atoms. The first kappa shape index (κ1) is 17.4. The van der Waals surface area contributed by atoms with E-state index in [4.69, 9.17) is 5.73 Å². The molecule has 0 saturated heterocycles. The van der Waals surface area contributed by atoms with E-state index in [0.717, 1.165) is 10.6 Å². The number of fused-ring (bicyclic) bond motifs is 1. The molecule has 1 atom stereocenters. The maximum Gasteiger partial charge on any atom is 0.471 e. The molecule has 1 heterocycles. The number of aryl methyl sites for hydroxylation is 1. The Hall–Kier alpha value is -2.42. The second-order valence-corrected chi connectivity index (χ2v) is 6.79. The lowest BCUT2D eigenvalue weighted by atomic mass is 9.97. The van der Waals surface area contributed by atoms with Gasteiger partial charge in [0.25, 0.3) is 0 Å². The molecule has 1 aromatic heterocycles. The topological polar surface area (TPSA) is 85.1 Å². The van der Waals surface area contributed by atoms with Gasteiger partial charge in [0.2, 0.25) is 5.91 Å². The van der Waals surface area contributed by atoms with Crippen molar-refractivity contribution in [3.05, 3.63) is 40.4 Å². The molecule has 9 heteroatoms. The van der Waals surface area contributed by atoms with Crippen LogP contribution in [0.3, 0.4) is 0 Å². The zero-order chi connectivity index (χ0) is 18.2. The number of alkyl halides is 3.